The third-order valence-corrected chi connectivity index (χ3v) is 3.54. The van der Waals surface area contributed by atoms with E-state index in [-0.39, 0.29) is 0 Å². The van der Waals surface area contributed by atoms with E-state index in [4.69, 9.17) is 9.47 Å². The van der Waals surface area contributed by atoms with Crippen LogP contribution >= 0.6 is 0 Å². The minimum absolute atomic E-state index is 0.464. The van der Waals surface area contributed by atoms with Crippen molar-refractivity contribution in [3.05, 3.63) is 54.1 Å². The molecule has 0 unspecified atom stereocenters. The number of ether oxygens (including phenoxy) is 2. The molecule has 1 N–H and O–H groups in total. The van der Waals surface area contributed by atoms with Gasteiger partial charge in [-0.25, -0.2) is 0 Å². The summed E-state index contributed by atoms with van der Waals surface area (Å²) in [7, 11) is 0. The summed E-state index contributed by atoms with van der Waals surface area (Å²) in [5.74, 6) is 2.35. The van der Waals surface area contributed by atoms with Gasteiger partial charge in [-0.2, -0.15) is 0 Å². The van der Waals surface area contributed by atoms with Crippen molar-refractivity contribution in [2.24, 2.45) is 0 Å². The molecule has 0 amide bonds. The Kier molecular flexibility index (Phi) is 6.79. The van der Waals surface area contributed by atoms with Crippen molar-refractivity contribution in [1.82, 2.24) is 0 Å². The fourth-order valence-corrected chi connectivity index (χ4v) is 2.36. The summed E-state index contributed by atoms with van der Waals surface area (Å²) in [4.78, 5) is 0. The standard InChI is InChI=1S/C20H27NO2/c1-4-13-22-18-9-7-8-17(15-18)21-12-14-23-20-11-6-5-10-19(20)16(2)3/h5-11,15-16,21H,4,12-14H2,1-3H3. The summed E-state index contributed by atoms with van der Waals surface area (Å²) in [6, 6.07) is 16.3. The van der Waals surface area contributed by atoms with E-state index in [2.05, 4.69) is 38.2 Å². The number of rotatable bonds is 9. The molecule has 0 aliphatic heterocycles. The normalized spacial score (nSPS) is 10.6. The highest BCUT2D eigenvalue weighted by molar-refractivity contribution is 5.48. The zero-order chi connectivity index (χ0) is 16.5. The molecule has 2 rings (SSSR count). The molecule has 3 heteroatoms. The zero-order valence-electron chi connectivity index (χ0n) is 14.3. The average molecular weight is 313 g/mol. The Morgan fingerprint density at radius 2 is 1.78 bits per heavy atom. The van der Waals surface area contributed by atoms with Crippen LogP contribution in [0, 0.1) is 0 Å². The monoisotopic (exact) mass is 313 g/mol. The van der Waals surface area contributed by atoms with E-state index < -0.39 is 0 Å². The molecule has 0 saturated carbocycles. The van der Waals surface area contributed by atoms with E-state index in [1.165, 1.54) is 5.56 Å². The summed E-state index contributed by atoms with van der Waals surface area (Å²) >= 11 is 0. The van der Waals surface area contributed by atoms with Gasteiger partial charge in [0.1, 0.15) is 18.1 Å². The van der Waals surface area contributed by atoms with Crippen molar-refractivity contribution in [3.8, 4) is 11.5 Å². The molecule has 0 spiro atoms. The van der Waals surface area contributed by atoms with Gasteiger partial charge >= 0.3 is 0 Å². The van der Waals surface area contributed by atoms with Gasteiger partial charge in [0.2, 0.25) is 0 Å². The van der Waals surface area contributed by atoms with Crippen LogP contribution in [0.1, 0.15) is 38.7 Å². The highest BCUT2D eigenvalue weighted by Crippen LogP contribution is 2.25. The molecule has 3 nitrogen and oxygen atoms in total. The first-order valence-corrected chi connectivity index (χ1v) is 8.39. The first-order valence-electron chi connectivity index (χ1n) is 8.39. The Balaban J connectivity index is 1.82. The van der Waals surface area contributed by atoms with Crippen LogP contribution in [0.3, 0.4) is 0 Å². The van der Waals surface area contributed by atoms with E-state index in [1.807, 2.05) is 36.4 Å². The molecule has 0 heterocycles. The molecule has 0 atom stereocenters. The second-order valence-electron chi connectivity index (χ2n) is 5.84. The Morgan fingerprint density at radius 1 is 0.957 bits per heavy atom. The van der Waals surface area contributed by atoms with Crippen molar-refractivity contribution in [2.75, 3.05) is 25.1 Å². The van der Waals surface area contributed by atoms with Crippen LogP contribution in [0.25, 0.3) is 0 Å². The van der Waals surface area contributed by atoms with Crippen LogP contribution in [-0.2, 0) is 0 Å². The number of benzene rings is 2. The topological polar surface area (TPSA) is 30.5 Å². The van der Waals surface area contributed by atoms with Gasteiger partial charge in [0.15, 0.2) is 0 Å². The second kappa shape index (κ2) is 9.09. The smallest absolute Gasteiger partial charge is 0.122 e. The number of hydrogen-bond donors (Lipinski definition) is 1. The molecule has 23 heavy (non-hydrogen) atoms. The van der Waals surface area contributed by atoms with E-state index in [0.29, 0.717) is 12.5 Å². The minimum Gasteiger partial charge on any atom is -0.494 e. The van der Waals surface area contributed by atoms with E-state index in [9.17, 15) is 0 Å². The van der Waals surface area contributed by atoms with Crippen molar-refractivity contribution in [3.63, 3.8) is 0 Å². The third-order valence-electron chi connectivity index (χ3n) is 3.54. The largest absolute Gasteiger partial charge is 0.494 e. The molecule has 0 aliphatic carbocycles. The first kappa shape index (κ1) is 17.2. The number of hydrogen-bond acceptors (Lipinski definition) is 3. The lowest BCUT2D eigenvalue weighted by molar-refractivity contribution is 0.317. The lowest BCUT2D eigenvalue weighted by Crippen LogP contribution is -2.12. The molecule has 0 fully saturated rings. The van der Waals surface area contributed by atoms with Gasteiger partial charge in [-0.3, -0.25) is 0 Å². The van der Waals surface area contributed by atoms with E-state index in [1.54, 1.807) is 0 Å². The molecule has 0 bridgehead atoms. The van der Waals surface area contributed by atoms with Gasteiger partial charge in [0.25, 0.3) is 0 Å². The Bertz CT molecular complexity index is 596. The van der Waals surface area contributed by atoms with Crippen LogP contribution in [0.15, 0.2) is 48.5 Å². The fraction of sp³-hybridized carbons (Fsp3) is 0.400. The zero-order valence-corrected chi connectivity index (χ0v) is 14.3. The molecule has 0 radical (unpaired) electrons. The number of nitrogens with one attached hydrogen (secondary N) is 1. The van der Waals surface area contributed by atoms with Crippen molar-refractivity contribution >= 4 is 5.69 Å². The Morgan fingerprint density at radius 3 is 2.57 bits per heavy atom. The summed E-state index contributed by atoms with van der Waals surface area (Å²) < 4.78 is 11.6. The number of para-hydroxylation sites is 1. The highest BCUT2D eigenvalue weighted by atomic mass is 16.5. The van der Waals surface area contributed by atoms with Gasteiger partial charge in [-0.05, 0) is 36.1 Å². The first-order chi connectivity index (χ1) is 11.2. The fourth-order valence-electron chi connectivity index (χ4n) is 2.36. The van der Waals surface area contributed by atoms with Crippen molar-refractivity contribution < 1.29 is 9.47 Å². The summed E-state index contributed by atoms with van der Waals surface area (Å²) in [6.45, 7) is 8.60. The van der Waals surface area contributed by atoms with Gasteiger partial charge in [-0.1, -0.05) is 45.0 Å². The molecule has 0 aliphatic rings. The van der Waals surface area contributed by atoms with Gasteiger partial charge in [0, 0.05) is 18.3 Å². The molecule has 2 aromatic rings. The van der Waals surface area contributed by atoms with Crippen LogP contribution in [0.4, 0.5) is 5.69 Å². The van der Waals surface area contributed by atoms with Gasteiger partial charge in [0.05, 0.1) is 6.61 Å². The quantitative estimate of drug-likeness (QED) is 0.654. The van der Waals surface area contributed by atoms with Crippen LogP contribution in [0.2, 0.25) is 0 Å². The minimum atomic E-state index is 0.464. The van der Waals surface area contributed by atoms with Crippen molar-refractivity contribution in [1.29, 1.82) is 0 Å². The number of anilines is 1. The molecule has 124 valence electrons. The maximum atomic E-state index is 5.92. The second-order valence-corrected chi connectivity index (χ2v) is 5.84. The Hall–Kier alpha value is -2.16. The summed E-state index contributed by atoms with van der Waals surface area (Å²) in [6.07, 6.45) is 1.01. The van der Waals surface area contributed by atoms with Crippen LogP contribution < -0.4 is 14.8 Å². The molecule has 0 saturated heterocycles. The van der Waals surface area contributed by atoms with Gasteiger partial charge in [-0.15, -0.1) is 0 Å². The lowest BCUT2D eigenvalue weighted by Gasteiger charge is -2.14. The van der Waals surface area contributed by atoms with Gasteiger partial charge < -0.3 is 14.8 Å². The Labute approximate surface area is 139 Å². The molecular weight excluding hydrogens is 286 g/mol. The summed E-state index contributed by atoms with van der Waals surface area (Å²) in [5, 5.41) is 3.38. The van der Waals surface area contributed by atoms with E-state index in [0.717, 1.165) is 36.8 Å². The third kappa shape index (κ3) is 5.51. The predicted molar refractivity (Wildman–Crippen MR) is 96.7 cm³/mol. The van der Waals surface area contributed by atoms with Crippen LogP contribution in [-0.4, -0.2) is 19.8 Å². The SMILES string of the molecule is CCCOc1cccc(NCCOc2ccccc2C(C)C)c1. The van der Waals surface area contributed by atoms with Crippen molar-refractivity contribution in [2.45, 2.75) is 33.1 Å². The maximum absolute atomic E-state index is 5.92. The summed E-state index contributed by atoms with van der Waals surface area (Å²) in [5.41, 5.74) is 2.31. The predicted octanol–water partition coefficient (Wildman–Crippen LogP) is 5.09. The van der Waals surface area contributed by atoms with Crippen LogP contribution in [0.5, 0.6) is 11.5 Å². The maximum Gasteiger partial charge on any atom is 0.122 e. The lowest BCUT2D eigenvalue weighted by atomic mass is 10.0. The molecule has 2 aromatic carbocycles. The molecule has 0 aromatic heterocycles. The van der Waals surface area contributed by atoms with E-state index >= 15 is 0 Å². The highest BCUT2D eigenvalue weighted by Gasteiger charge is 2.06. The molecular formula is C20H27NO2. The average Bonchev–Trinajstić information content (AvgIpc) is 2.57.